The third-order valence-electron chi connectivity index (χ3n) is 5.30. The molecule has 0 bridgehead atoms. The molecule has 2 aromatic heterocycles. The van der Waals surface area contributed by atoms with E-state index in [9.17, 15) is 18.0 Å². The fourth-order valence-corrected chi connectivity index (χ4v) is 3.63. The van der Waals surface area contributed by atoms with Gasteiger partial charge in [0.2, 0.25) is 0 Å². The highest BCUT2D eigenvalue weighted by atomic mass is 19.4. The molecule has 0 spiro atoms. The van der Waals surface area contributed by atoms with Crippen molar-refractivity contribution in [1.82, 2.24) is 15.2 Å². The van der Waals surface area contributed by atoms with Crippen molar-refractivity contribution in [3.63, 3.8) is 0 Å². The first kappa shape index (κ1) is 23.5. The van der Waals surface area contributed by atoms with E-state index in [0.717, 1.165) is 18.1 Å². The monoisotopic (exact) mass is 467 g/mol. The zero-order valence-corrected chi connectivity index (χ0v) is 19.2. The SMILES string of the molecule is CCc1ccc(-c2[nH]nc3nc(-c4ccc(C(=O)OC(C)(C)C)cc4)cc(C(F)(F)F)c23)cc1. The number of hydrogen-bond donors (Lipinski definition) is 1. The molecule has 0 amide bonds. The fourth-order valence-electron chi connectivity index (χ4n) is 3.63. The minimum atomic E-state index is -4.62. The first-order chi connectivity index (χ1) is 16.0. The van der Waals surface area contributed by atoms with Crippen LogP contribution in [-0.4, -0.2) is 26.8 Å². The second-order valence-electron chi connectivity index (χ2n) is 8.98. The lowest BCUT2D eigenvalue weighted by atomic mass is 10.0. The summed E-state index contributed by atoms with van der Waals surface area (Å²) in [7, 11) is 0. The lowest BCUT2D eigenvalue weighted by molar-refractivity contribution is -0.136. The number of carbonyl (C=O) groups excluding carboxylic acids is 1. The van der Waals surface area contributed by atoms with Crippen LogP contribution in [0.25, 0.3) is 33.5 Å². The van der Waals surface area contributed by atoms with Crippen LogP contribution >= 0.6 is 0 Å². The second kappa shape index (κ2) is 8.59. The summed E-state index contributed by atoms with van der Waals surface area (Å²) >= 11 is 0. The maximum absolute atomic E-state index is 14.1. The largest absolute Gasteiger partial charge is 0.456 e. The van der Waals surface area contributed by atoms with Crippen LogP contribution in [-0.2, 0) is 17.3 Å². The Morgan fingerprint density at radius 3 is 2.15 bits per heavy atom. The molecule has 0 fully saturated rings. The van der Waals surface area contributed by atoms with Crippen LogP contribution in [0.15, 0.2) is 54.6 Å². The van der Waals surface area contributed by atoms with Crippen molar-refractivity contribution in [2.45, 2.75) is 45.9 Å². The Labute approximate surface area is 195 Å². The Hall–Kier alpha value is -3.68. The van der Waals surface area contributed by atoms with E-state index in [0.29, 0.717) is 16.7 Å². The Balaban J connectivity index is 1.78. The van der Waals surface area contributed by atoms with Gasteiger partial charge in [-0.2, -0.15) is 18.3 Å². The van der Waals surface area contributed by atoms with Gasteiger partial charge < -0.3 is 4.74 Å². The summed E-state index contributed by atoms with van der Waals surface area (Å²) in [5.41, 5.74) is 1.27. The average Bonchev–Trinajstić information content (AvgIpc) is 3.21. The van der Waals surface area contributed by atoms with Gasteiger partial charge in [0.1, 0.15) is 5.60 Å². The van der Waals surface area contributed by atoms with Gasteiger partial charge in [-0.3, -0.25) is 5.10 Å². The number of fused-ring (bicyclic) bond motifs is 1. The normalized spacial score (nSPS) is 12.2. The van der Waals surface area contributed by atoms with Crippen LogP contribution in [0.1, 0.15) is 49.2 Å². The summed E-state index contributed by atoms with van der Waals surface area (Å²) < 4.78 is 47.6. The number of hydrogen-bond acceptors (Lipinski definition) is 4. The number of benzene rings is 2. The molecule has 0 saturated heterocycles. The quantitative estimate of drug-likeness (QED) is 0.334. The van der Waals surface area contributed by atoms with Crippen LogP contribution in [0.4, 0.5) is 13.2 Å². The van der Waals surface area contributed by atoms with Crippen molar-refractivity contribution >= 4 is 17.0 Å². The number of alkyl halides is 3. The predicted molar refractivity (Wildman–Crippen MR) is 124 cm³/mol. The maximum atomic E-state index is 14.1. The summed E-state index contributed by atoms with van der Waals surface area (Å²) in [5, 5.41) is 6.73. The molecular weight excluding hydrogens is 443 g/mol. The third-order valence-corrected chi connectivity index (χ3v) is 5.30. The van der Waals surface area contributed by atoms with Gasteiger partial charge in [-0.15, -0.1) is 0 Å². The number of ether oxygens (including phenoxy) is 1. The number of carbonyl (C=O) groups is 1. The number of pyridine rings is 1. The van der Waals surface area contributed by atoms with Crippen molar-refractivity contribution in [1.29, 1.82) is 0 Å². The Kier molecular flexibility index (Phi) is 5.93. The highest BCUT2D eigenvalue weighted by Crippen LogP contribution is 2.40. The van der Waals surface area contributed by atoms with Crippen LogP contribution in [0.5, 0.6) is 0 Å². The number of H-pyrrole nitrogens is 1. The van der Waals surface area contributed by atoms with Crippen LogP contribution in [0.2, 0.25) is 0 Å². The molecule has 176 valence electrons. The zero-order valence-electron chi connectivity index (χ0n) is 19.2. The molecule has 4 aromatic rings. The van der Waals surface area contributed by atoms with Crippen molar-refractivity contribution < 1.29 is 22.7 Å². The fraction of sp³-hybridized carbons (Fsp3) is 0.269. The van der Waals surface area contributed by atoms with E-state index in [1.165, 1.54) is 12.1 Å². The number of nitrogens with one attached hydrogen (secondary N) is 1. The van der Waals surface area contributed by atoms with E-state index in [-0.39, 0.29) is 22.4 Å². The molecule has 34 heavy (non-hydrogen) atoms. The topological polar surface area (TPSA) is 67.9 Å². The van der Waals surface area contributed by atoms with E-state index < -0.39 is 23.3 Å². The van der Waals surface area contributed by atoms with E-state index in [4.69, 9.17) is 4.74 Å². The molecular formula is C26H24F3N3O2. The first-order valence-corrected chi connectivity index (χ1v) is 10.9. The van der Waals surface area contributed by atoms with Gasteiger partial charge in [0.05, 0.1) is 27.9 Å². The third kappa shape index (κ3) is 4.81. The predicted octanol–water partition coefficient (Wildman–Crippen LogP) is 6.83. The number of aromatic nitrogens is 3. The van der Waals surface area contributed by atoms with Gasteiger partial charge in [-0.05, 0) is 51.0 Å². The summed E-state index contributed by atoms with van der Waals surface area (Å²) in [6.07, 6.45) is -3.79. The minimum absolute atomic E-state index is 0.0318. The molecule has 8 heteroatoms. The highest BCUT2D eigenvalue weighted by molar-refractivity contribution is 5.95. The molecule has 2 heterocycles. The van der Waals surface area contributed by atoms with E-state index in [1.54, 1.807) is 45.0 Å². The van der Waals surface area contributed by atoms with Gasteiger partial charge in [-0.1, -0.05) is 43.3 Å². The second-order valence-corrected chi connectivity index (χ2v) is 8.98. The van der Waals surface area contributed by atoms with Crippen molar-refractivity contribution in [2.75, 3.05) is 0 Å². The first-order valence-electron chi connectivity index (χ1n) is 10.9. The van der Waals surface area contributed by atoms with Crippen LogP contribution in [0.3, 0.4) is 0 Å². The van der Waals surface area contributed by atoms with Crippen molar-refractivity contribution in [3.8, 4) is 22.5 Å². The lowest BCUT2D eigenvalue weighted by Gasteiger charge is -2.19. The minimum Gasteiger partial charge on any atom is -0.456 e. The molecule has 5 nitrogen and oxygen atoms in total. The number of nitrogens with zero attached hydrogens (tertiary/aromatic N) is 2. The zero-order chi connectivity index (χ0) is 24.7. The standard InChI is InChI=1S/C26H24F3N3O2/c1-5-15-6-8-17(9-7-15)22-21-19(26(27,28)29)14-20(30-23(21)32-31-22)16-10-12-18(13-11-16)24(33)34-25(2,3)4/h6-14H,5H2,1-4H3,(H,30,31,32). The van der Waals surface area contributed by atoms with E-state index in [2.05, 4.69) is 15.2 Å². The van der Waals surface area contributed by atoms with Gasteiger partial charge in [0.15, 0.2) is 5.65 Å². The molecule has 0 radical (unpaired) electrons. The molecule has 0 unspecified atom stereocenters. The highest BCUT2D eigenvalue weighted by Gasteiger charge is 2.36. The average molecular weight is 467 g/mol. The number of aryl methyl sites for hydroxylation is 1. The van der Waals surface area contributed by atoms with Crippen molar-refractivity contribution in [2.24, 2.45) is 0 Å². The number of aromatic amines is 1. The molecule has 0 atom stereocenters. The molecule has 0 saturated carbocycles. The molecule has 4 rings (SSSR count). The van der Waals surface area contributed by atoms with E-state index >= 15 is 0 Å². The summed E-state index contributed by atoms with van der Waals surface area (Å²) in [5.74, 6) is -0.510. The molecule has 0 aliphatic rings. The summed E-state index contributed by atoms with van der Waals surface area (Å²) in [6.45, 7) is 7.28. The molecule has 2 aromatic carbocycles. The number of esters is 1. The van der Waals surface area contributed by atoms with Gasteiger partial charge >= 0.3 is 12.1 Å². The maximum Gasteiger partial charge on any atom is 0.417 e. The Morgan fingerprint density at radius 1 is 0.971 bits per heavy atom. The van der Waals surface area contributed by atoms with Crippen LogP contribution < -0.4 is 0 Å². The van der Waals surface area contributed by atoms with Gasteiger partial charge in [-0.25, -0.2) is 9.78 Å². The molecule has 0 aliphatic carbocycles. The lowest BCUT2D eigenvalue weighted by Crippen LogP contribution is -2.23. The Bertz CT molecular complexity index is 1330. The van der Waals surface area contributed by atoms with E-state index in [1.807, 2.05) is 19.1 Å². The Morgan fingerprint density at radius 2 is 1.59 bits per heavy atom. The molecule has 1 N–H and O–H groups in total. The van der Waals surface area contributed by atoms with Crippen molar-refractivity contribution in [3.05, 3.63) is 71.3 Å². The summed E-state index contributed by atoms with van der Waals surface area (Å²) in [4.78, 5) is 16.6. The number of halogens is 3. The number of rotatable bonds is 4. The smallest absolute Gasteiger partial charge is 0.417 e. The summed E-state index contributed by atoms with van der Waals surface area (Å²) in [6, 6.07) is 14.4. The van der Waals surface area contributed by atoms with Gasteiger partial charge in [0.25, 0.3) is 0 Å². The molecule has 0 aliphatic heterocycles. The van der Waals surface area contributed by atoms with Gasteiger partial charge in [0, 0.05) is 11.1 Å². The van der Waals surface area contributed by atoms with Crippen LogP contribution in [0, 0.1) is 0 Å².